The van der Waals surface area contributed by atoms with Crippen LogP contribution in [0.25, 0.3) is 0 Å². The maximum Gasteiger partial charge on any atom is 0.300 e. The summed E-state index contributed by atoms with van der Waals surface area (Å²) in [6.07, 6.45) is 5.38. The van der Waals surface area contributed by atoms with Crippen molar-refractivity contribution >= 4 is 57.9 Å². The van der Waals surface area contributed by atoms with E-state index >= 15 is 0 Å². The number of carboxylic acid groups (broad SMARTS) is 1. The van der Waals surface area contributed by atoms with Crippen LogP contribution in [-0.2, 0) is 22.4 Å². The number of nitrogens with two attached hydrogens (primary N) is 1. The van der Waals surface area contributed by atoms with Gasteiger partial charge in [-0.2, -0.15) is 0 Å². The lowest BCUT2D eigenvalue weighted by Crippen LogP contribution is -2.34. The van der Waals surface area contributed by atoms with Crippen molar-refractivity contribution in [2.45, 2.75) is 55.2 Å². The summed E-state index contributed by atoms with van der Waals surface area (Å²) in [7, 11) is 0. The zero-order valence-corrected chi connectivity index (χ0v) is 23.7. The molecule has 12 heteroatoms. The fourth-order valence-corrected chi connectivity index (χ4v) is 5.82. The van der Waals surface area contributed by atoms with E-state index in [1.807, 2.05) is 23.9 Å². The smallest absolute Gasteiger partial charge is 0.300 e. The third kappa shape index (κ3) is 11.7. The number of primary amides is 1. The average molecular weight is 593 g/mol. The average Bonchev–Trinajstić information content (AvgIpc) is 3.59. The molecule has 2 aromatic rings. The van der Waals surface area contributed by atoms with E-state index in [0.29, 0.717) is 27.8 Å². The molecule has 2 aliphatic rings. The SMILES string of the molecule is CC(=O)O.CS(=O)[O-].NC(=O)c1cc(C2CC2)c(CN2CCC(Sc3cc(Cl)cc(Cl)c3)CC2)cc1F. The number of amides is 1. The number of piperidine rings is 1. The Morgan fingerprint density at radius 2 is 1.65 bits per heavy atom. The number of carbonyl (C=O) groups excluding carboxylic acids is 1. The van der Waals surface area contributed by atoms with Gasteiger partial charge < -0.3 is 15.4 Å². The molecule has 1 heterocycles. The van der Waals surface area contributed by atoms with Crippen LogP contribution in [0, 0.1) is 5.82 Å². The van der Waals surface area contributed by atoms with Crippen LogP contribution in [0.15, 0.2) is 35.2 Å². The van der Waals surface area contributed by atoms with Crippen molar-refractivity contribution in [3.05, 3.63) is 62.9 Å². The Hall–Kier alpha value is -1.69. The zero-order valence-electron chi connectivity index (χ0n) is 20.5. The van der Waals surface area contributed by atoms with E-state index in [2.05, 4.69) is 4.90 Å². The van der Waals surface area contributed by atoms with E-state index in [-0.39, 0.29) is 5.56 Å². The second-order valence-electron chi connectivity index (χ2n) is 8.79. The fourth-order valence-electron chi connectivity index (χ4n) is 3.95. The Morgan fingerprint density at radius 1 is 1.14 bits per heavy atom. The van der Waals surface area contributed by atoms with E-state index in [1.165, 1.54) is 6.07 Å². The summed E-state index contributed by atoms with van der Waals surface area (Å²) in [6.45, 7) is 3.70. The topological polar surface area (TPSA) is 124 Å². The maximum absolute atomic E-state index is 14.3. The van der Waals surface area contributed by atoms with Crippen LogP contribution in [0.4, 0.5) is 4.39 Å². The molecule has 0 radical (unpaired) electrons. The minimum absolute atomic E-state index is 0.00550. The number of aliphatic carboxylic acids is 1. The highest BCUT2D eigenvalue weighted by Crippen LogP contribution is 2.43. The summed E-state index contributed by atoms with van der Waals surface area (Å²) >= 11 is 12.2. The van der Waals surface area contributed by atoms with Crippen molar-refractivity contribution in [3.8, 4) is 0 Å². The first-order valence-electron chi connectivity index (χ1n) is 11.5. The molecule has 1 atom stereocenters. The van der Waals surface area contributed by atoms with Crippen molar-refractivity contribution in [1.29, 1.82) is 0 Å². The van der Waals surface area contributed by atoms with Crippen LogP contribution in [0.2, 0.25) is 10.0 Å². The third-order valence-corrected chi connectivity index (χ3v) is 7.33. The Bertz CT molecular complexity index is 1090. The predicted octanol–water partition coefficient (Wildman–Crippen LogP) is 5.45. The highest BCUT2D eigenvalue weighted by molar-refractivity contribution is 8.00. The van der Waals surface area contributed by atoms with Crippen molar-refractivity contribution in [2.24, 2.45) is 5.73 Å². The first kappa shape index (κ1) is 31.5. The molecule has 3 N–H and O–H groups in total. The Balaban J connectivity index is 0.000000530. The number of likely N-dealkylation sites (tertiary alicyclic amines) is 1. The molecule has 2 fully saturated rings. The molecule has 204 valence electrons. The van der Waals surface area contributed by atoms with Crippen LogP contribution in [-0.4, -0.2) is 55.2 Å². The summed E-state index contributed by atoms with van der Waals surface area (Å²) in [5.41, 5.74) is 7.41. The van der Waals surface area contributed by atoms with Crippen LogP contribution >= 0.6 is 35.0 Å². The number of carboxylic acids is 1. The Labute approximate surface area is 233 Å². The molecular formula is C25H30Cl2FN2O5S2-. The summed E-state index contributed by atoms with van der Waals surface area (Å²) in [5, 5.41) is 9.25. The zero-order chi connectivity index (χ0) is 27.7. The van der Waals surface area contributed by atoms with Crippen molar-refractivity contribution in [1.82, 2.24) is 4.90 Å². The quantitative estimate of drug-likeness (QED) is 0.428. The molecule has 1 saturated heterocycles. The number of thioether (sulfide) groups is 1. The predicted molar refractivity (Wildman–Crippen MR) is 146 cm³/mol. The van der Waals surface area contributed by atoms with Gasteiger partial charge in [0.1, 0.15) is 5.82 Å². The van der Waals surface area contributed by atoms with Crippen LogP contribution < -0.4 is 5.73 Å². The molecule has 1 aliphatic heterocycles. The number of benzene rings is 2. The lowest BCUT2D eigenvalue weighted by molar-refractivity contribution is -0.134. The van der Waals surface area contributed by atoms with Crippen LogP contribution in [0.1, 0.15) is 60.0 Å². The second-order valence-corrected chi connectivity index (χ2v) is 11.8. The maximum atomic E-state index is 14.3. The summed E-state index contributed by atoms with van der Waals surface area (Å²) in [6, 6.07) is 8.85. The van der Waals surface area contributed by atoms with Gasteiger partial charge in [0.15, 0.2) is 0 Å². The van der Waals surface area contributed by atoms with Crippen LogP contribution in [0.5, 0.6) is 0 Å². The van der Waals surface area contributed by atoms with E-state index in [1.54, 1.807) is 12.1 Å². The molecule has 4 rings (SSSR count). The first-order valence-corrected chi connectivity index (χ1v) is 14.6. The molecule has 7 nitrogen and oxygen atoms in total. The van der Waals surface area contributed by atoms with Crippen molar-refractivity contribution < 1.29 is 27.8 Å². The first-order chi connectivity index (χ1) is 17.3. The highest BCUT2D eigenvalue weighted by Gasteiger charge is 2.29. The van der Waals surface area contributed by atoms with Gasteiger partial charge in [-0.05, 0) is 92.4 Å². The summed E-state index contributed by atoms with van der Waals surface area (Å²) in [5.74, 6) is -1.61. The molecular weight excluding hydrogens is 562 g/mol. The number of hydrogen-bond donors (Lipinski definition) is 2. The number of nitrogens with zero attached hydrogens (tertiary/aromatic N) is 1. The van der Waals surface area contributed by atoms with Gasteiger partial charge in [0.05, 0.1) is 5.56 Å². The van der Waals surface area contributed by atoms with Gasteiger partial charge >= 0.3 is 0 Å². The van der Waals surface area contributed by atoms with E-state index in [0.717, 1.165) is 68.0 Å². The second kappa shape index (κ2) is 15.0. The normalized spacial score (nSPS) is 16.6. The Morgan fingerprint density at radius 3 is 2.11 bits per heavy atom. The van der Waals surface area contributed by atoms with E-state index in [9.17, 15) is 9.18 Å². The van der Waals surface area contributed by atoms with Gasteiger partial charge in [0.25, 0.3) is 11.9 Å². The largest absolute Gasteiger partial charge is 0.773 e. The molecule has 1 unspecified atom stereocenters. The van der Waals surface area contributed by atoms with Crippen molar-refractivity contribution in [2.75, 3.05) is 19.3 Å². The van der Waals surface area contributed by atoms with E-state index in [4.69, 9.17) is 47.6 Å². The van der Waals surface area contributed by atoms with Gasteiger partial charge in [-0.3, -0.25) is 18.7 Å². The van der Waals surface area contributed by atoms with Crippen molar-refractivity contribution in [3.63, 3.8) is 0 Å². The number of carbonyl (C=O) groups is 2. The van der Waals surface area contributed by atoms with E-state index < -0.39 is 28.8 Å². The van der Waals surface area contributed by atoms with Gasteiger partial charge in [-0.15, -0.1) is 11.8 Å². The molecule has 1 aliphatic carbocycles. The Kier molecular flexibility index (Phi) is 12.8. The van der Waals surface area contributed by atoms with Gasteiger partial charge in [-0.1, -0.05) is 34.3 Å². The summed E-state index contributed by atoms with van der Waals surface area (Å²) in [4.78, 5) is 24.0. The molecule has 1 saturated carbocycles. The standard InChI is InChI=1S/C22H23Cl2FN2OS.C2H4O2.CH4O2S/c23-15-8-16(24)10-18(9-15)29-17-3-5-27(6-4-17)12-14-7-21(25)20(22(26)28)11-19(14)13-1-2-13;1-2(3)4;1-4(2)3/h7-11,13,17H,1-6,12H2,(H2,26,28);1H3,(H,3,4);1H3,(H,2,3)/p-1. The minimum atomic E-state index is -1.86. The number of rotatable bonds is 6. The molecule has 0 aromatic heterocycles. The number of hydrogen-bond acceptors (Lipinski definition) is 6. The minimum Gasteiger partial charge on any atom is -0.773 e. The number of halogens is 3. The fraction of sp³-hybridized carbons (Fsp3) is 0.440. The van der Waals surface area contributed by atoms with Gasteiger partial charge in [0, 0.05) is 33.7 Å². The molecule has 0 bridgehead atoms. The summed E-state index contributed by atoms with van der Waals surface area (Å²) < 4.78 is 32.3. The van der Waals surface area contributed by atoms with Crippen LogP contribution in [0.3, 0.4) is 0 Å². The third-order valence-electron chi connectivity index (χ3n) is 5.58. The highest BCUT2D eigenvalue weighted by atomic mass is 35.5. The molecule has 37 heavy (non-hydrogen) atoms. The van der Waals surface area contributed by atoms with Gasteiger partial charge in [0.2, 0.25) is 0 Å². The molecule has 2 aromatic carbocycles. The lowest BCUT2D eigenvalue weighted by Gasteiger charge is -2.32. The molecule has 0 spiro atoms. The molecule has 1 amide bonds. The van der Waals surface area contributed by atoms with Gasteiger partial charge in [-0.25, -0.2) is 4.39 Å². The monoisotopic (exact) mass is 591 g/mol. The lowest BCUT2D eigenvalue weighted by atomic mass is 9.98.